The maximum absolute atomic E-state index is 11.7. The van der Waals surface area contributed by atoms with Crippen molar-refractivity contribution < 1.29 is 4.79 Å². The molecule has 1 unspecified atom stereocenters. The number of aryl methyl sites for hydroxylation is 1. The van der Waals surface area contributed by atoms with Crippen LogP contribution in [0.3, 0.4) is 0 Å². The van der Waals surface area contributed by atoms with Gasteiger partial charge in [-0.15, -0.1) is 10.2 Å². The number of hydrogen-bond acceptors (Lipinski definition) is 4. The van der Waals surface area contributed by atoms with E-state index in [9.17, 15) is 4.79 Å². The Morgan fingerprint density at radius 2 is 2.21 bits per heavy atom. The zero-order valence-corrected chi connectivity index (χ0v) is 12.3. The lowest BCUT2D eigenvalue weighted by molar-refractivity contribution is -0.121. The number of nitrogens with zero attached hydrogens (tertiary/aromatic N) is 3. The van der Waals surface area contributed by atoms with E-state index in [0.717, 1.165) is 12.2 Å². The van der Waals surface area contributed by atoms with Gasteiger partial charge in [-0.2, -0.15) is 0 Å². The van der Waals surface area contributed by atoms with Crippen LogP contribution in [0.1, 0.15) is 39.4 Å². The zero-order valence-electron chi connectivity index (χ0n) is 12.3. The van der Waals surface area contributed by atoms with E-state index >= 15 is 0 Å². The van der Waals surface area contributed by atoms with Gasteiger partial charge in [0.05, 0.1) is 0 Å². The lowest BCUT2D eigenvalue weighted by Crippen LogP contribution is -2.35. The lowest BCUT2D eigenvalue weighted by atomic mass is 9.87. The SMILES string of the molecule is Cn1cnnc1CCNC(=O)CC(N)CC(C)(C)C. The Balaban J connectivity index is 2.23. The largest absolute Gasteiger partial charge is 0.356 e. The number of hydrogen-bond donors (Lipinski definition) is 2. The Hall–Kier alpha value is -1.43. The summed E-state index contributed by atoms with van der Waals surface area (Å²) in [7, 11) is 1.89. The lowest BCUT2D eigenvalue weighted by Gasteiger charge is -2.22. The van der Waals surface area contributed by atoms with Gasteiger partial charge >= 0.3 is 0 Å². The highest BCUT2D eigenvalue weighted by Gasteiger charge is 2.17. The Morgan fingerprint density at radius 1 is 1.53 bits per heavy atom. The minimum atomic E-state index is -0.0881. The fraction of sp³-hybridized carbons (Fsp3) is 0.769. The van der Waals surface area contributed by atoms with Crippen LogP contribution >= 0.6 is 0 Å². The van der Waals surface area contributed by atoms with Gasteiger partial charge in [-0.25, -0.2) is 0 Å². The van der Waals surface area contributed by atoms with Gasteiger partial charge in [-0.1, -0.05) is 20.8 Å². The predicted octanol–water partition coefficient (Wildman–Crippen LogP) is 0.627. The highest BCUT2D eigenvalue weighted by atomic mass is 16.1. The van der Waals surface area contributed by atoms with Crippen molar-refractivity contribution in [3.8, 4) is 0 Å². The molecule has 0 aliphatic rings. The quantitative estimate of drug-likeness (QED) is 0.791. The first-order chi connectivity index (χ1) is 8.78. The number of carbonyl (C=O) groups excluding carboxylic acids is 1. The second-order valence-corrected chi connectivity index (χ2v) is 6.19. The molecule has 0 radical (unpaired) electrons. The number of nitrogens with two attached hydrogens (primary N) is 1. The van der Waals surface area contributed by atoms with Crippen LogP contribution in [0.15, 0.2) is 6.33 Å². The van der Waals surface area contributed by atoms with Gasteiger partial charge in [0.15, 0.2) is 0 Å². The van der Waals surface area contributed by atoms with Crippen molar-refractivity contribution in [3.63, 3.8) is 0 Å². The smallest absolute Gasteiger partial charge is 0.221 e. The monoisotopic (exact) mass is 267 g/mol. The Morgan fingerprint density at radius 3 is 2.74 bits per heavy atom. The van der Waals surface area contributed by atoms with Crippen LogP contribution in [0.2, 0.25) is 0 Å². The summed E-state index contributed by atoms with van der Waals surface area (Å²) in [6.45, 7) is 6.93. The van der Waals surface area contributed by atoms with Crippen LogP contribution in [0, 0.1) is 5.41 Å². The molecular formula is C13H25N5O. The van der Waals surface area contributed by atoms with E-state index in [4.69, 9.17) is 5.73 Å². The van der Waals surface area contributed by atoms with Crippen molar-refractivity contribution in [1.29, 1.82) is 0 Å². The van der Waals surface area contributed by atoms with Gasteiger partial charge in [-0.05, 0) is 11.8 Å². The first-order valence-corrected chi connectivity index (χ1v) is 6.63. The van der Waals surface area contributed by atoms with Gasteiger partial charge < -0.3 is 15.6 Å². The van der Waals surface area contributed by atoms with Gasteiger partial charge in [0.1, 0.15) is 12.2 Å². The summed E-state index contributed by atoms with van der Waals surface area (Å²) in [6, 6.07) is -0.0881. The van der Waals surface area contributed by atoms with Crippen LogP contribution in [-0.4, -0.2) is 33.3 Å². The van der Waals surface area contributed by atoms with E-state index < -0.39 is 0 Å². The topological polar surface area (TPSA) is 85.8 Å². The van der Waals surface area contributed by atoms with Crippen molar-refractivity contribution in [2.45, 2.75) is 46.1 Å². The van der Waals surface area contributed by atoms with Gasteiger partial charge in [0.25, 0.3) is 0 Å². The third-order valence-corrected chi connectivity index (χ3v) is 2.80. The Kier molecular flexibility index (Phi) is 5.47. The summed E-state index contributed by atoms with van der Waals surface area (Å²) < 4.78 is 1.84. The second kappa shape index (κ2) is 6.65. The molecule has 6 heteroatoms. The molecule has 1 aromatic rings. The average Bonchev–Trinajstić information content (AvgIpc) is 2.61. The molecule has 1 aromatic heterocycles. The fourth-order valence-corrected chi connectivity index (χ4v) is 2.02. The van der Waals surface area contributed by atoms with Crippen LogP contribution in [0.4, 0.5) is 0 Å². The molecule has 0 spiro atoms. The van der Waals surface area contributed by atoms with Gasteiger partial charge in [-0.3, -0.25) is 4.79 Å². The first kappa shape index (κ1) is 15.6. The molecule has 1 rings (SSSR count). The van der Waals surface area contributed by atoms with E-state index in [1.165, 1.54) is 0 Å². The van der Waals surface area contributed by atoms with Crippen LogP contribution in [-0.2, 0) is 18.3 Å². The number of amides is 1. The first-order valence-electron chi connectivity index (χ1n) is 6.63. The zero-order chi connectivity index (χ0) is 14.5. The van der Waals surface area contributed by atoms with Crippen LogP contribution in [0.25, 0.3) is 0 Å². The fourth-order valence-electron chi connectivity index (χ4n) is 2.02. The molecular weight excluding hydrogens is 242 g/mol. The summed E-state index contributed by atoms with van der Waals surface area (Å²) in [5.74, 6) is 0.859. The normalized spacial score (nSPS) is 13.3. The average molecular weight is 267 g/mol. The summed E-state index contributed by atoms with van der Waals surface area (Å²) in [4.78, 5) is 11.7. The molecule has 1 heterocycles. The van der Waals surface area contributed by atoms with Crippen molar-refractivity contribution in [3.05, 3.63) is 12.2 Å². The molecule has 0 fully saturated rings. The molecule has 0 bridgehead atoms. The summed E-state index contributed by atoms with van der Waals surface area (Å²) in [5.41, 5.74) is 6.12. The standard InChI is InChI=1S/C13H25N5O/c1-13(2,3)8-10(14)7-12(19)15-6-5-11-17-16-9-18(11)4/h9-10H,5-8,14H2,1-4H3,(H,15,19). The summed E-state index contributed by atoms with van der Waals surface area (Å²) >= 11 is 0. The Labute approximate surface area is 114 Å². The number of nitrogens with one attached hydrogen (secondary N) is 1. The molecule has 6 nitrogen and oxygen atoms in total. The van der Waals surface area contributed by atoms with E-state index in [-0.39, 0.29) is 17.4 Å². The van der Waals surface area contributed by atoms with Crippen LogP contribution in [0.5, 0.6) is 0 Å². The molecule has 1 amide bonds. The van der Waals surface area contributed by atoms with Crippen LogP contribution < -0.4 is 11.1 Å². The summed E-state index contributed by atoms with van der Waals surface area (Å²) in [6.07, 6.45) is 3.53. The minimum Gasteiger partial charge on any atom is -0.356 e. The van der Waals surface area contributed by atoms with E-state index in [1.807, 2.05) is 11.6 Å². The molecule has 1 atom stereocenters. The van der Waals surface area contributed by atoms with Crippen molar-refractivity contribution in [1.82, 2.24) is 20.1 Å². The van der Waals surface area contributed by atoms with Crippen molar-refractivity contribution in [2.75, 3.05) is 6.54 Å². The van der Waals surface area contributed by atoms with E-state index in [1.54, 1.807) is 6.33 Å². The summed E-state index contributed by atoms with van der Waals surface area (Å²) in [5, 5.41) is 10.6. The van der Waals surface area contributed by atoms with Crippen molar-refractivity contribution >= 4 is 5.91 Å². The third-order valence-electron chi connectivity index (χ3n) is 2.80. The van der Waals surface area contributed by atoms with Gasteiger partial charge in [0, 0.05) is 32.5 Å². The molecule has 0 aliphatic heterocycles. The van der Waals surface area contributed by atoms with E-state index in [2.05, 4.69) is 36.3 Å². The molecule has 0 saturated carbocycles. The minimum absolute atomic E-state index is 0.00100. The van der Waals surface area contributed by atoms with Gasteiger partial charge in [0.2, 0.25) is 5.91 Å². The number of aromatic nitrogens is 3. The highest BCUT2D eigenvalue weighted by Crippen LogP contribution is 2.20. The molecule has 3 N–H and O–H groups in total. The molecule has 0 saturated heterocycles. The maximum atomic E-state index is 11.7. The molecule has 108 valence electrons. The number of carbonyl (C=O) groups is 1. The maximum Gasteiger partial charge on any atom is 0.221 e. The number of rotatable bonds is 6. The predicted molar refractivity (Wildman–Crippen MR) is 74.4 cm³/mol. The van der Waals surface area contributed by atoms with E-state index in [0.29, 0.717) is 19.4 Å². The third kappa shape index (κ3) is 6.33. The second-order valence-electron chi connectivity index (χ2n) is 6.19. The molecule has 19 heavy (non-hydrogen) atoms. The molecule has 0 aliphatic carbocycles. The Bertz CT molecular complexity index is 407. The van der Waals surface area contributed by atoms with Crippen molar-refractivity contribution in [2.24, 2.45) is 18.2 Å². The highest BCUT2D eigenvalue weighted by molar-refractivity contribution is 5.76. The molecule has 0 aromatic carbocycles.